The van der Waals surface area contributed by atoms with E-state index < -0.39 is 12.0 Å². The molecule has 5 nitrogen and oxygen atoms in total. The molecule has 1 heterocycles. The van der Waals surface area contributed by atoms with E-state index in [1.165, 1.54) is 0 Å². The van der Waals surface area contributed by atoms with Crippen LogP contribution in [0.2, 0.25) is 5.02 Å². The highest BCUT2D eigenvalue weighted by Gasteiger charge is 2.30. The fourth-order valence-corrected chi connectivity index (χ4v) is 3.18. The van der Waals surface area contributed by atoms with Gasteiger partial charge in [0.25, 0.3) is 0 Å². The molecule has 0 bridgehead atoms. The van der Waals surface area contributed by atoms with Gasteiger partial charge in [-0.25, -0.2) is 0 Å². The number of rotatable bonds is 4. The van der Waals surface area contributed by atoms with Gasteiger partial charge in [0.2, 0.25) is 0 Å². The smallest absolute Gasteiger partial charge is 0.325 e. The molecule has 3 rings (SSSR count). The van der Waals surface area contributed by atoms with Gasteiger partial charge in [0, 0.05) is 36.9 Å². The quantitative estimate of drug-likeness (QED) is 0.891. The van der Waals surface area contributed by atoms with E-state index in [2.05, 4.69) is 4.90 Å². The van der Waals surface area contributed by atoms with Gasteiger partial charge in [0.15, 0.2) is 0 Å². The van der Waals surface area contributed by atoms with E-state index in [-0.39, 0.29) is 5.75 Å². The lowest BCUT2D eigenvalue weighted by atomic mass is 10.0. The van der Waals surface area contributed by atoms with Crippen molar-refractivity contribution in [2.45, 2.75) is 6.04 Å². The van der Waals surface area contributed by atoms with Crippen molar-refractivity contribution >= 4 is 23.3 Å². The van der Waals surface area contributed by atoms with Crippen LogP contribution >= 0.6 is 11.6 Å². The number of hydrogen-bond acceptors (Lipinski definition) is 4. The SMILES string of the molecule is O=C(O)C(c1ccc(Cl)cc1)N1CCN(c2ccc(O)cc2)CC1. The summed E-state index contributed by atoms with van der Waals surface area (Å²) in [4.78, 5) is 15.9. The lowest BCUT2D eigenvalue weighted by Gasteiger charge is -2.39. The molecular formula is C18H19ClN2O3. The van der Waals surface area contributed by atoms with Crippen LogP contribution in [0.1, 0.15) is 11.6 Å². The number of halogens is 1. The van der Waals surface area contributed by atoms with Gasteiger partial charge in [-0.15, -0.1) is 0 Å². The predicted octanol–water partition coefficient (Wildman–Crippen LogP) is 2.99. The van der Waals surface area contributed by atoms with Crippen LogP contribution in [0.5, 0.6) is 5.75 Å². The van der Waals surface area contributed by atoms with E-state index in [1.807, 2.05) is 17.0 Å². The van der Waals surface area contributed by atoms with Crippen LogP contribution < -0.4 is 4.90 Å². The van der Waals surface area contributed by atoms with Crippen LogP contribution in [0.25, 0.3) is 0 Å². The molecule has 126 valence electrons. The van der Waals surface area contributed by atoms with Gasteiger partial charge in [-0.05, 0) is 42.0 Å². The minimum absolute atomic E-state index is 0.242. The molecule has 0 aromatic heterocycles. The summed E-state index contributed by atoms with van der Waals surface area (Å²) < 4.78 is 0. The number of anilines is 1. The molecule has 1 atom stereocenters. The van der Waals surface area contributed by atoms with Crippen molar-refractivity contribution in [1.82, 2.24) is 4.90 Å². The summed E-state index contributed by atoms with van der Waals surface area (Å²) in [6.45, 7) is 2.78. The summed E-state index contributed by atoms with van der Waals surface area (Å²) >= 11 is 5.89. The van der Waals surface area contributed by atoms with Gasteiger partial charge in [-0.3, -0.25) is 9.69 Å². The van der Waals surface area contributed by atoms with Gasteiger partial charge >= 0.3 is 5.97 Å². The average molecular weight is 347 g/mol. The molecule has 1 aliphatic rings. The Labute approximate surface area is 145 Å². The lowest BCUT2D eigenvalue weighted by Crippen LogP contribution is -2.49. The summed E-state index contributed by atoms with van der Waals surface area (Å²) in [5.41, 5.74) is 1.77. The number of piperazine rings is 1. The number of phenolic OH excluding ortho intramolecular Hbond substituents is 1. The van der Waals surface area contributed by atoms with Gasteiger partial charge in [0.05, 0.1) is 0 Å². The second-order valence-corrected chi connectivity index (χ2v) is 6.27. The Morgan fingerprint density at radius 2 is 1.54 bits per heavy atom. The fraction of sp³-hybridized carbons (Fsp3) is 0.278. The number of nitrogens with zero attached hydrogens (tertiary/aromatic N) is 2. The van der Waals surface area contributed by atoms with Crippen molar-refractivity contribution < 1.29 is 15.0 Å². The summed E-state index contributed by atoms with van der Waals surface area (Å²) in [5.74, 6) is -0.610. The Balaban J connectivity index is 1.70. The molecule has 24 heavy (non-hydrogen) atoms. The highest BCUT2D eigenvalue weighted by atomic mass is 35.5. The Kier molecular flexibility index (Phi) is 4.92. The number of aromatic hydroxyl groups is 1. The van der Waals surface area contributed by atoms with Gasteiger partial charge in [0.1, 0.15) is 11.8 Å². The zero-order valence-corrected chi connectivity index (χ0v) is 13.9. The Morgan fingerprint density at radius 1 is 0.958 bits per heavy atom. The predicted molar refractivity (Wildman–Crippen MR) is 93.7 cm³/mol. The number of phenols is 1. The summed E-state index contributed by atoms with van der Waals surface area (Å²) in [7, 11) is 0. The Morgan fingerprint density at radius 3 is 2.08 bits per heavy atom. The first-order valence-electron chi connectivity index (χ1n) is 7.81. The van der Waals surface area contributed by atoms with Crippen molar-refractivity contribution in [2.24, 2.45) is 0 Å². The van der Waals surface area contributed by atoms with E-state index in [0.29, 0.717) is 18.1 Å². The highest BCUT2D eigenvalue weighted by Crippen LogP contribution is 2.26. The fourth-order valence-electron chi connectivity index (χ4n) is 3.06. The van der Waals surface area contributed by atoms with Crippen LogP contribution in [0.15, 0.2) is 48.5 Å². The minimum atomic E-state index is -0.851. The minimum Gasteiger partial charge on any atom is -0.508 e. The van der Waals surface area contributed by atoms with Crippen LogP contribution in [0.4, 0.5) is 5.69 Å². The third-order valence-electron chi connectivity index (χ3n) is 4.31. The first-order chi connectivity index (χ1) is 11.5. The second kappa shape index (κ2) is 7.11. The molecule has 0 aliphatic carbocycles. The average Bonchev–Trinajstić information content (AvgIpc) is 2.58. The van der Waals surface area contributed by atoms with E-state index in [4.69, 9.17) is 11.6 Å². The number of benzene rings is 2. The van der Waals surface area contributed by atoms with E-state index in [1.54, 1.807) is 36.4 Å². The number of aliphatic carboxylic acids is 1. The standard InChI is InChI=1S/C18H19ClN2O3/c19-14-3-1-13(2-4-14)17(18(23)24)21-11-9-20(10-12-21)15-5-7-16(22)8-6-15/h1-8,17,22H,9-12H2,(H,23,24). The van der Waals surface area contributed by atoms with Crippen LogP contribution in [0.3, 0.4) is 0 Å². The molecule has 1 aliphatic heterocycles. The maximum atomic E-state index is 11.8. The molecule has 0 saturated carbocycles. The number of carboxylic acids is 1. The Hall–Kier alpha value is -2.24. The first kappa shape index (κ1) is 16.6. The first-order valence-corrected chi connectivity index (χ1v) is 8.19. The maximum Gasteiger partial charge on any atom is 0.325 e. The molecule has 2 aromatic carbocycles. The molecule has 0 radical (unpaired) electrons. The third-order valence-corrected chi connectivity index (χ3v) is 4.57. The molecule has 1 saturated heterocycles. The van der Waals surface area contributed by atoms with Crippen LogP contribution in [-0.2, 0) is 4.79 Å². The highest BCUT2D eigenvalue weighted by molar-refractivity contribution is 6.30. The van der Waals surface area contributed by atoms with Crippen molar-refractivity contribution in [3.8, 4) is 5.75 Å². The summed E-state index contributed by atoms with van der Waals surface area (Å²) in [5, 5.41) is 19.6. The van der Waals surface area contributed by atoms with Crippen molar-refractivity contribution in [2.75, 3.05) is 31.1 Å². The Bertz CT molecular complexity index is 695. The van der Waals surface area contributed by atoms with Gasteiger partial charge < -0.3 is 15.1 Å². The maximum absolute atomic E-state index is 11.8. The van der Waals surface area contributed by atoms with E-state index in [0.717, 1.165) is 24.3 Å². The molecular weight excluding hydrogens is 328 g/mol. The number of carboxylic acid groups (broad SMARTS) is 1. The molecule has 2 aromatic rings. The third kappa shape index (κ3) is 3.63. The molecule has 0 amide bonds. The monoisotopic (exact) mass is 346 g/mol. The summed E-state index contributed by atoms with van der Waals surface area (Å²) in [6, 6.07) is 13.4. The van der Waals surface area contributed by atoms with E-state index in [9.17, 15) is 15.0 Å². The van der Waals surface area contributed by atoms with Crippen LogP contribution in [0, 0.1) is 0 Å². The van der Waals surface area contributed by atoms with Gasteiger partial charge in [-0.1, -0.05) is 23.7 Å². The molecule has 0 spiro atoms. The van der Waals surface area contributed by atoms with Crippen molar-refractivity contribution in [3.05, 3.63) is 59.1 Å². The zero-order valence-electron chi connectivity index (χ0n) is 13.1. The number of carbonyl (C=O) groups is 1. The van der Waals surface area contributed by atoms with Crippen LogP contribution in [-0.4, -0.2) is 47.3 Å². The van der Waals surface area contributed by atoms with E-state index >= 15 is 0 Å². The van der Waals surface area contributed by atoms with Crippen molar-refractivity contribution in [3.63, 3.8) is 0 Å². The van der Waals surface area contributed by atoms with Crippen molar-refractivity contribution in [1.29, 1.82) is 0 Å². The summed E-state index contributed by atoms with van der Waals surface area (Å²) in [6.07, 6.45) is 0. The normalized spacial score (nSPS) is 16.8. The molecule has 1 fully saturated rings. The topological polar surface area (TPSA) is 64.0 Å². The molecule has 1 unspecified atom stereocenters. The molecule has 6 heteroatoms. The van der Waals surface area contributed by atoms with Gasteiger partial charge in [-0.2, -0.15) is 0 Å². The lowest BCUT2D eigenvalue weighted by molar-refractivity contribution is -0.143. The molecule has 2 N–H and O–H groups in total. The largest absolute Gasteiger partial charge is 0.508 e. The number of hydrogen-bond donors (Lipinski definition) is 2. The zero-order chi connectivity index (χ0) is 17.1. The second-order valence-electron chi connectivity index (χ2n) is 5.83.